The van der Waals surface area contributed by atoms with Crippen LogP contribution in [0.1, 0.15) is 21.5 Å². The number of halogens is 2. The number of ketones is 1. The predicted molar refractivity (Wildman–Crippen MR) is 63.7 cm³/mol. The third kappa shape index (κ3) is 2.44. The third-order valence-corrected chi connectivity index (χ3v) is 3.33. The van der Waals surface area contributed by atoms with Crippen LogP contribution in [0.2, 0.25) is 0 Å². The molecule has 0 saturated carbocycles. The van der Waals surface area contributed by atoms with E-state index in [9.17, 15) is 4.79 Å². The Labute approximate surface area is 96.6 Å². The highest BCUT2D eigenvalue weighted by atomic mass is 127. The smallest absolute Gasteiger partial charge is 0.177 e. The van der Waals surface area contributed by atoms with E-state index in [-0.39, 0.29) is 11.7 Å². The molecule has 1 rings (SSSR count). The number of rotatable bonds is 2. The van der Waals surface area contributed by atoms with E-state index in [4.69, 9.17) is 11.6 Å². The Bertz CT molecular complexity index is 347. The zero-order valence-corrected chi connectivity index (χ0v) is 10.4. The zero-order valence-electron chi connectivity index (χ0n) is 7.53. The SMILES string of the molecule is Cc1cc(C(=O)CCl)c(C)cc1I. The molecule has 70 valence electrons. The summed E-state index contributed by atoms with van der Waals surface area (Å²) in [5.74, 6) is 0.0552. The van der Waals surface area contributed by atoms with Crippen LogP contribution in [0.15, 0.2) is 12.1 Å². The second-order valence-corrected chi connectivity index (χ2v) is 4.40. The number of benzene rings is 1. The molecular formula is C10H10ClIO. The van der Waals surface area contributed by atoms with E-state index in [1.807, 2.05) is 26.0 Å². The zero-order chi connectivity index (χ0) is 10.0. The van der Waals surface area contributed by atoms with Crippen LogP contribution in [0, 0.1) is 17.4 Å². The normalized spacial score (nSPS) is 10.2. The van der Waals surface area contributed by atoms with Crippen molar-refractivity contribution in [3.63, 3.8) is 0 Å². The molecule has 0 unspecified atom stereocenters. The van der Waals surface area contributed by atoms with Crippen LogP contribution >= 0.6 is 34.2 Å². The van der Waals surface area contributed by atoms with Crippen LogP contribution in [0.25, 0.3) is 0 Å². The maximum absolute atomic E-state index is 11.4. The van der Waals surface area contributed by atoms with E-state index >= 15 is 0 Å². The summed E-state index contributed by atoms with van der Waals surface area (Å²) in [5, 5.41) is 0. The summed E-state index contributed by atoms with van der Waals surface area (Å²) >= 11 is 7.76. The van der Waals surface area contributed by atoms with E-state index in [0.29, 0.717) is 0 Å². The van der Waals surface area contributed by atoms with Crippen molar-refractivity contribution in [1.82, 2.24) is 0 Å². The van der Waals surface area contributed by atoms with Crippen LogP contribution in [0.5, 0.6) is 0 Å². The van der Waals surface area contributed by atoms with Crippen LogP contribution in [0.4, 0.5) is 0 Å². The summed E-state index contributed by atoms with van der Waals surface area (Å²) in [4.78, 5) is 11.4. The summed E-state index contributed by atoms with van der Waals surface area (Å²) in [6.07, 6.45) is 0. The van der Waals surface area contributed by atoms with Gasteiger partial charge in [0, 0.05) is 9.13 Å². The number of carbonyl (C=O) groups excluding carboxylic acids is 1. The topological polar surface area (TPSA) is 17.1 Å². The first-order valence-electron chi connectivity index (χ1n) is 3.92. The maximum Gasteiger partial charge on any atom is 0.177 e. The quantitative estimate of drug-likeness (QED) is 0.465. The van der Waals surface area contributed by atoms with Gasteiger partial charge in [0.05, 0.1) is 5.88 Å². The highest BCUT2D eigenvalue weighted by Crippen LogP contribution is 2.18. The summed E-state index contributed by atoms with van der Waals surface area (Å²) < 4.78 is 1.18. The van der Waals surface area contributed by atoms with Crippen LogP contribution in [-0.2, 0) is 0 Å². The lowest BCUT2D eigenvalue weighted by atomic mass is 10.0. The average molecular weight is 309 g/mol. The summed E-state index contributed by atoms with van der Waals surface area (Å²) in [5.41, 5.74) is 2.87. The molecule has 1 nitrogen and oxygen atoms in total. The molecule has 0 spiro atoms. The van der Waals surface area contributed by atoms with E-state index in [1.54, 1.807) is 0 Å². The molecule has 3 heteroatoms. The Morgan fingerprint density at radius 2 is 2.00 bits per heavy atom. The van der Waals surface area contributed by atoms with Crippen molar-refractivity contribution in [1.29, 1.82) is 0 Å². The fourth-order valence-electron chi connectivity index (χ4n) is 1.15. The minimum absolute atomic E-state index is 0.00123. The third-order valence-electron chi connectivity index (χ3n) is 1.93. The monoisotopic (exact) mass is 308 g/mol. The fraction of sp³-hybridized carbons (Fsp3) is 0.300. The highest BCUT2D eigenvalue weighted by Gasteiger charge is 2.09. The van der Waals surface area contributed by atoms with Gasteiger partial charge >= 0.3 is 0 Å². The molecule has 13 heavy (non-hydrogen) atoms. The Balaban J connectivity index is 3.23. The lowest BCUT2D eigenvalue weighted by Crippen LogP contribution is -2.04. The number of hydrogen-bond acceptors (Lipinski definition) is 1. The first-order valence-corrected chi connectivity index (χ1v) is 5.53. The number of alkyl halides is 1. The number of aryl methyl sites for hydroxylation is 2. The van der Waals surface area contributed by atoms with E-state index in [1.165, 1.54) is 3.57 Å². The van der Waals surface area contributed by atoms with Gasteiger partial charge in [-0.2, -0.15) is 0 Å². The van der Waals surface area contributed by atoms with Crippen molar-refractivity contribution >= 4 is 40.0 Å². The minimum atomic E-state index is -0.00123. The van der Waals surface area contributed by atoms with Gasteiger partial charge in [-0.25, -0.2) is 0 Å². The van der Waals surface area contributed by atoms with Gasteiger partial charge in [0.2, 0.25) is 0 Å². The van der Waals surface area contributed by atoms with Crippen molar-refractivity contribution in [2.45, 2.75) is 13.8 Å². The van der Waals surface area contributed by atoms with Gasteiger partial charge < -0.3 is 0 Å². The lowest BCUT2D eigenvalue weighted by molar-refractivity contribution is 0.102. The molecule has 0 fully saturated rings. The molecule has 1 aromatic rings. The van der Waals surface area contributed by atoms with Gasteiger partial charge in [-0.05, 0) is 59.7 Å². The van der Waals surface area contributed by atoms with Gasteiger partial charge in [0.15, 0.2) is 5.78 Å². The van der Waals surface area contributed by atoms with Crippen molar-refractivity contribution < 1.29 is 4.79 Å². The second kappa shape index (κ2) is 4.42. The summed E-state index contributed by atoms with van der Waals surface area (Å²) in [7, 11) is 0. The first kappa shape index (κ1) is 11.0. The van der Waals surface area contributed by atoms with Crippen LogP contribution in [-0.4, -0.2) is 11.7 Å². The van der Waals surface area contributed by atoms with Gasteiger partial charge in [-0.3, -0.25) is 4.79 Å². The predicted octanol–water partition coefficient (Wildman–Crippen LogP) is 3.33. The molecule has 0 saturated heterocycles. The molecule has 0 aliphatic heterocycles. The minimum Gasteiger partial charge on any atom is -0.293 e. The van der Waals surface area contributed by atoms with Gasteiger partial charge in [-0.15, -0.1) is 11.6 Å². The molecule has 1 aromatic carbocycles. The van der Waals surface area contributed by atoms with Crippen molar-refractivity contribution in [2.75, 3.05) is 5.88 Å². The van der Waals surface area contributed by atoms with Crippen molar-refractivity contribution in [2.24, 2.45) is 0 Å². The van der Waals surface area contributed by atoms with E-state index < -0.39 is 0 Å². The standard InChI is InChI=1S/C10H10ClIO/c1-6-4-9(12)7(2)3-8(6)10(13)5-11/h3-4H,5H2,1-2H3. The van der Waals surface area contributed by atoms with Crippen LogP contribution in [0.3, 0.4) is 0 Å². The molecule has 0 amide bonds. The van der Waals surface area contributed by atoms with Crippen molar-refractivity contribution in [3.8, 4) is 0 Å². The molecule has 0 radical (unpaired) electrons. The molecule has 0 N–H and O–H groups in total. The Hall–Kier alpha value is -0.0900. The maximum atomic E-state index is 11.4. The summed E-state index contributed by atoms with van der Waals surface area (Å²) in [6, 6.07) is 3.91. The van der Waals surface area contributed by atoms with Gasteiger partial charge in [0.1, 0.15) is 0 Å². The molecule has 0 aromatic heterocycles. The molecular weight excluding hydrogens is 298 g/mol. The number of carbonyl (C=O) groups is 1. The van der Waals surface area contributed by atoms with Gasteiger partial charge in [0.25, 0.3) is 0 Å². The fourth-order valence-corrected chi connectivity index (χ4v) is 1.92. The molecule has 0 aliphatic rings. The second-order valence-electron chi connectivity index (χ2n) is 2.97. The molecule has 0 aliphatic carbocycles. The summed E-state index contributed by atoms with van der Waals surface area (Å²) in [6.45, 7) is 3.92. The lowest BCUT2D eigenvalue weighted by Gasteiger charge is -2.06. The Kier molecular flexibility index (Phi) is 3.74. The molecule has 0 atom stereocenters. The molecule has 0 heterocycles. The highest BCUT2D eigenvalue weighted by molar-refractivity contribution is 14.1. The van der Waals surface area contributed by atoms with Crippen LogP contribution < -0.4 is 0 Å². The first-order chi connectivity index (χ1) is 6.06. The van der Waals surface area contributed by atoms with Gasteiger partial charge in [-0.1, -0.05) is 0 Å². The van der Waals surface area contributed by atoms with Crippen molar-refractivity contribution in [3.05, 3.63) is 32.4 Å². The Morgan fingerprint density at radius 1 is 1.38 bits per heavy atom. The molecule has 0 bridgehead atoms. The average Bonchev–Trinajstić information content (AvgIpc) is 2.10. The number of hydrogen-bond donors (Lipinski definition) is 0. The Morgan fingerprint density at radius 3 is 2.54 bits per heavy atom. The number of Topliss-reactive ketones (excluding diaryl/α,β-unsaturated/α-hetero) is 1. The largest absolute Gasteiger partial charge is 0.293 e. The van der Waals surface area contributed by atoms with E-state index in [0.717, 1.165) is 16.7 Å². The van der Waals surface area contributed by atoms with E-state index in [2.05, 4.69) is 22.6 Å².